The zero-order valence-corrected chi connectivity index (χ0v) is 9.71. The van der Waals surface area contributed by atoms with Crippen molar-refractivity contribution in [3.63, 3.8) is 0 Å². The summed E-state index contributed by atoms with van der Waals surface area (Å²) in [7, 11) is 0. The lowest BCUT2D eigenvalue weighted by atomic mass is 9.81. The van der Waals surface area contributed by atoms with E-state index in [1.54, 1.807) is 0 Å². The molecule has 0 aliphatic carbocycles. The number of halogens is 11. The second kappa shape index (κ2) is 5.13. The van der Waals surface area contributed by atoms with Gasteiger partial charge in [0.25, 0.3) is 5.92 Å². The van der Waals surface area contributed by atoms with E-state index >= 15 is 0 Å². The zero-order chi connectivity index (χ0) is 16.9. The van der Waals surface area contributed by atoms with Crippen LogP contribution in [0.15, 0.2) is 0 Å². The van der Waals surface area contributed by atoms with Crippen LogP contribution in [0.4, 0.5) is 48.3 Å². The molecule has 126 valence electrons. The predicted molar refractivity (Wildman–Crippen MR) is 45.0 cm³/mol. The molecular weight excluding hydrogens is 333 g/mol. The fourth-order valence-corrected chi connectivity index (χ4v) is 1.62. The maximum Gasteiger partial charge on any atom is 0.352 e. The van der Waals surface area contributed by atoms with E-state index in [4.69, 9.17) is 0 Å². The fraction of sp³-hybridized carbons (Fsp3) is 1.00. The molecule has 1 saturated heterocycles. The van der Waals surface area contributed by atoms with Gasteiger partial charge >= 0.3 is 30.4 Å². The van der Waals surface area contributed by atoms with Gasteiger partial charge in [-0.3, -0.25) is 0 Å². The van der Waals surface area contributed by atoms with Crippen molar-refractivity contribution in [1.82, 2.24) is 0 Å². The van der Waals surface area contributed by atoms with Gasteiger partial charge < -0.3 is 4.74 Å². The summed E-state index contributed by atoms with van der Waals surface area (Å²) < 4.78 is 145. The molecule has 1 nitrogen and oxygen atoms in total. The molecule has 0 aromatic heterocycles. The van der Waals surface area contributed by atoms with Crippen LogP contribution in [0.25, 0.3) is 0 Å². The predicted octanol–water partition coefficient (Wildman–Crippen LogP) is 3.92. The van der Waals surface area contributed by atoms with Gasteiger partial charge in [-0.1, -0.05) is 0 Å². The van der Waals surface area contributed by atoms with Crippen LogP contribution in [0.1, 0.15) is 6.42 Å². The minimum absolute atomic E-state index is 0.549. The zero-order valence-electron chi connectivity index (χ0n) is 9.71. The lowest BCUT2D eigenvalue weighted by molar-refractivity contribution is -0.372. The van der Waals surface area contributed by atoms with Crippen molar-refractivity contribution in [2.75, 3.05) is 6.61 Å². The van der Waals surface area contributed by atoms with Gasteiger partial charge in [-0.25, -0.2) is 30.7 Å². The van der Waals surface area contributed by atoms with E-state index < -0.39 is 55.4 Å². The van der Waals surface area contributed by atoms with Crippen molar-refractivity contribution in [2.45, 2.75) is 48.8 Å². The van der Waals surface area contributed by atoms with E-state index in [2.05, 4.69) is 4.74 Å². The fourth-order valence-electron chi connectivity index (χ4n) is 1.62. The minimum Gasteiger partial charge on any atom is -0.373 e. The Bertz CT molecular complexity index is 356. The number of epoxide rings is 1. The molecule has 1 aliphatic heterocycles. The topological polar surface area (TPSA) is 12.5 Å². The number of rotatable bonds is 7. The molecule has 1 atom stereocenters. The van der Waals surface area contributed by atoms with Gasteiger partial charge in [0.05, 0.1) is 12.7 Å². The molecule has 0 N–H and O–H groups in total. The molecule has 1 unspecified atom stereocenters. The second-order valence-corrected chi connectivity index (χ2v) is 4.37. The Morgan fingerprint density at radius 3 is 1.38 bits per heavy atom. The van der Waals surface area contributed by atoms with Crippen molar-refractivity contribution in [1.29, 1.82) is 0 Å². The molecule has 0 amide bonds. The molecule has 0 aromatic rings. The third kappa shape index (κ3) is 2.66. The van der Waals surface area contributed by atoms with Crippen molar-refractivity contribution in [2.24, 2.45) is 0 Å². The maximum absolute atomic E-state index is 13.7. The quantitative estimate of drug-likeness (QED) is 0.506. The van der Waals surface area contributed by atoms with Crippen molar-refractivity contribution < 1.29 is 53.0 Å². The van der Waals surface area contributed by atoms with Gasteiger partial charge in [0, 0.05) is 6.42 Å². The highest BCUT2D eigenvalue weighted by atomic mass is 19.3. The van der Waals surface area contributed by atoms with E-state index in [1.165, 1.54) is 0 Å². The molecule has 1 heterocycles. The SMILES string of the molecule is FC(F)C(F)(F)C(F)(C(F)(F)CC1CO1)C(F)(F)C(F)F. The molecule has 21 heavy (non-hydrogen) atoms. The monoisotopic (exact) mass is 340 g/mol. The highest BCUT2D eigenvalue weighted by Gasteiger charge is 2.86. The van der Waals surface area contributed by atoms with E-state index in [1.807, 2.05) is 0 Å². The first kappa shape index (κ1) is 18.2. The summed E-state index contributed by atoms with van der Waals surface area (Å²) in [5, 5.41) is 0. The standard InChI is InChI=1S/C9H7F11O/c10-4(11)7(16,17)9(20,8(18,19)5(12)13)6(14,15)1-3-2-21-3/h3-5H,1-2H2. The van der Waals surface area contributed by atoms with Crippen LogP contribution in [-0.4, -0.2) is 49.0 Å². The Labute approximate surface area is 110 Å². The van der Waals surface area contributed by atoms with E-state index in [0.717, 1.165) is 0 Å². The molecule has 0 bridgehead atoms. The highest BCUT2D eigenvalue weighted by molar-refractivity contribution is 5.15. The van der Waals surface area contributed by atoms with Gasteiger partial charge in [0.15, 0.2) is 0 Å². The average Bonchev–Trinajstić information content (AvgIpc) is 3.09. The van der Waals surface area contributed by atoms with Crippen LogP contribution in [0.3, 0.4) is 0 Å². The Morgan fingerprint density at radius 1 is 0.810 bits per heavy atom. The molecule has 12 heteroatoms. The van der Waals surface area contributed by atoms with Gasteiger partial charge in [0.2, 0.25) is 0 Å². The van der Waals surface area contributed by atoms with Crippen molar-refractivity contribution in [3.8, 4) is 0 Å². The van der Waals surface area contributed by atoms with E-state index in [0.29, 0.717) is 0 Å². The molecule has 0 saturated carbocycles. The Morgan fingerprint density at radius 2 is 1.14 bits per heavy atom. The van der Waals surface area contributed by atoms with E-state index in [-0.39, 0.29) is 0 Å². The number of ether oxygens (including phenoxy) is 1. The average molecular weight is 340 g/mol. The molecule has 1 rings (SSSR count). The van der Waals surface area contributed by atoms with Gasteiger partial charge in [-0.05, 0) is 0 Å². The Hall–Kier alpha value is -0.810. The highest BCUT2D eigenvalue weighted by Crippen LogP contribution is 2.58. The largest absolute Gasteiger partial charge is 0.373 e. The summed E-state index contributed by atoms with van der Waals surface area (Å²) in [5.74, 6) is -19.3. The van der Waals surface area contributed by atoms with Crippen LogP contribution in [0.5, 0.6) is 0 Å². The summed E-state index contributed by atoms with van der Waals surface area (Å²) >= 11 is 0. The molecule has 0 radical (unpaired) electrons. The Kier molecular flexibility index (Phi) is 4.45. The van der Waals surface area contributed by atoms with Crippen LogP contribution in [-0.2, 0) is 4.74 Å². The normalized spacial score (nSPS) is 21.3. The summed E-state index contributed by atoms with van der Waals surface area (Å²) in [5.41, 5.74) is -6.78. The Balaban J connectivity index is 3.41. The lowest BCUT2D eigenvalue weighted by Gasteiger charge is -2.42. The first-order chi connectivity index (χ1) is 9.22. The van der Waals surface area contributed by atoms with E-state index in [9.17, 15) is 48.3 Å². The second-order valence-electron chi connectivity index (χ2n) is 4.37. The summed E-state index contributed by atoms with van der Waals surface area (Å²) in [6, 6.07) is 0. The number of hydrogen-bond acceptors (Lipinski definition) is 1. The van der Waals surface area contributed by atoms with Crippen molar-refractivity contribution in [3.05, 3.63) is 0 Å². The molecular formula is C9H7F11O. The smallest absolute Gasteiger partial charge is 0.352 e. The van der Waals surface area contributed by atoms with Crippen LogP contribution >= 0.6 is 0 Å². The molecule has 1 fully saturated rings. The van der Waals surface area contributed by atoms with Crippen molar-refractivity contribution >= 4 is 0 Å². The maximum atomic E-state index is 13.7. The first-order valence-corrected chi connectivity index (χ1v) is 5.22. The van der Waals surface area contributed by atoms with Crippen LogP contribution in [0.2, 0.25) is 0 Å². The molecule has 0 spiro atoms. The minimum atomic E-state index is -6.78. The summed E-state index contributed by atoms with van der Waals surface area (Å²) in [6.45, 7) is -0.549. The lowest BCUT2D eigenvalue weighted by Crippen LogP contribution is -2.71. The van der Waals surface area contributed by atoms with Gasteiger partial charge in [-0.2, -0.15) is 17.6 Å². The number of hydrogen-bond donors (Lipinski definition) is 0. The first-order valence-electron chi connectivity index (χ1n) is 5.22. The third-order valence-electron chi connectivity index (χ3n) is 2.86. The summed E-state index contributed by atoms with van der Waals surface area (Å²) in [6.07, 6.45) is -14.5. The van der Waals surface area contributed by atoms with Gasteiger partial charge in [0.1, 0.15) is 0 Å². The van der Waals surface area contributed by atoms with Crippen LogP contribution < -0.4 is 0 Å². The summed E-state index contributed by atoms with van der Waals surface area (Å²) in [4.78, 5) is 0. The molecule has 1 aliphatic rings. The third-order valence-corrected chi connectivity index (χ3v) is 2.86. The number of alkyl halides is 11. The van der Waals surface area contributed by atoms with Gasteiger partial charge in [-0.15, -0.1) is 0 Å². The van der Waals surface area contributed by atoms with Crippen LogP contribution in [0, 0.1) is 0 Å². The molecule has 0 aromatic carbocycles.